The van der Waals surface area contributed by atoms with Crippen LogP contribution in [0.2, 0.25) is 0 Å². The van der Waals surface area contributed by atoms with Gasteiger partial charge in [-0.2, -0.15) is 5.26 Å². The van der Waals surface area contributed by atoms with Crippen molar-refractivity contribution in [1.29, 1.82) is 5.26 Å². The SMILES string of the molecule is Cc1ccc(-c2c(F)cc(NC(=O)c3cc(C#N)ccc3S(C)(=O)=O)cc2F)cn1. The second-order valence-corrected chi connectivity index (χ2v) is 8.54. The Hall–Kier alpha value is -3.64. The van der Waals surface area contributed by atoms with Crippen LogP contribution in [0.25, 0.3) is 11.1 Å². The van der Waals surface area contributed by atoms with Crippen molar-refractivity contribution in [1.82, 2.24) is 4.98 Å². The highest BCUT2D eigenvalue weighted by atomic mass is 32.2. The fourth-order valence-electron chi connectivity index (χ4n) is 2.84. The number of hydrogen-bond acceptors (Lipinski definition) is 5. The van der Waals surface area contributed by atoms with E-state index in [-0.39, 0.29) is 32.8 Å². The third-order valence-corrected chi connectivity index (χ3v) is 5.41. The molecule has 0 aliphatic carbocycles. The highest BCUT2D eigenvalue weighted by molar-refractivity contribution is 7.90. The van der Waals surface area contributed by atoms with Crippen LogP contribution in [-0.4, -0.2) is 25.6 Å². The van der Waals surface area contributed by atoms with E-state index in [1.165, 1.54) is 18.3 Å². The Morgan fingerprint density at radius 2 is 1.77 bits per heavy atom. The molecule has 30 heavy (non-hydrogen) atoms. The monoisotopic (exact) mass is 427 g/mol. The van der Waals surface area contributed by atoms with Gasteiger partial charge in [0.25, 0.3) is 5.91 Å². The molecule has 0 saturated heterocycles. The third-order valence-electron chi connectivity index (χ3n) is 4.25. The minimum absolute atomic E-state index is 0.0622. The molecule has 0 radical (unpaired) electrons. The lowest BCUT2D eigenvalue weighted by Gasteiger charge is -2.12. The molecule has 0 atom stereocenters. The summed E-state index contributed by atoms with van der Waals surface area (Å²) < 4.78 is 53.1. The van der Waals surface area contributed by atoms with Gasteiger partial charge in [0.15, 0.2) is 9.84 Å². The third kappa shape index (κ3) is 4.34. The highest BCUT2D eigenvalue weighted by Gasteiger charge is 2.21. The van der Waals surface area contributed by atoms with E-state index in [1.807, 2.05) is 6.07 Å². The van der Waals surface area contributed by atoms with Crippen molar-refractivity contribution < 1.29 is 22.0 Å². The van der Waals surface area contributed by atoms with E-state index in [0.717, 1.165) is 30.5 Å². The second kappa shape index (κ2) is 8.00. The van der Waals surface area contributed by atoms with E-state index in [4.69, 9.17) is 5.26 Å². The van der Waals surface area contributed by atoms with Gasteiger partial charge in [-0.25, -0.2) is 17.2 Å². The average molecular weight is 427 g/mol. The van der Waals surface area contributed by atoms with Gasteiger partial charge in [-0.05, 0) is 43.3 Å². The first-order valence-electron chi connectivity index (χ1n) is 8.58. The van der Waals surface area contributed by atoms with Gasteiger partial charge in [-0.3, -0.25) is 9.78 Å². The van der Waals surface area contributed by atoms with Gasteiger partial charge in [0, 0.05) is 29.4 Å². The number of benzene rings is 2. The van der Waals surface area contributed by atoms with Crippen molar-refractivity contribution in [2.24, 2.45) is 0 Å². The van der Waals surface area contributed by atoms with Crippen molar-refractivity contribution in [3.8, 4) is 17.2 Å². The Morgan fingerprint density at radius 1 is 1.10 bits per heavy atom. The van der Waals surface area contributed by atoms with Crippen LogP contribution in [0.5, 0.6) is 0 Å². The van der Waals surface area contributed by atoms with Gasteiger partial charge in [-0.1, -0.05) is 6.07 Å². The number of hydrogen-bond donors (Lipinski definition) is 1. The van der Waals surface area contributed by atoms with Crippen LogP contribution in [0.4, 0.5) is 14.5 Å². The highest BCUT2D eigenvalue weighted by Crippen LogP contribution is 2.29. The van der Waals surface area contributed by atoms with E-state index in [0.29, 0.717) is 5.69 Å². The van der Waals surface area contributed by atoms with Gasteiger partial charge < -0.3 is 5.32 Å². The zero-order valence-electron chi connectivity index (χ0n) is 15.9. The molecule has 0 fully saturated rings. The van der Waals surface area contributed by atoms with Crippen LogP contribution < -0.4 is 5.32 Å². The lowest BCUT2D eigenvalue weighted by atomic mass is 10.0. The lowest BCUT2D eigenvalue weighted by molar-refractivity contribution is 0.102. The topological polar surface area (TPSA) is 99.9 Å². The normalized spacial score (nSPS) is 11.0. The molecular formula is C21H15F2N3O3S. The Labute approximate surface area is 171 Å². The molecule has 152 valence electrons. The summed E-state index contributed by atoms with van der Waals surface area (Å²) in [5.74, 6) is -2.77. The maximum absolute atomic E-state index is 14.6. The number of carbonyl (C=O) groups excluding carboxylic acids is 1. The number of carbonyl (C=O) groups is 1. The van der Waals surface area contributed by atoms with E-state index >= 15 is 0 Å². The fraction of sp³-hybridized carbons (Fsp3) is 0.0952. The van der Waals surface area contributed by atoms with E-state index in [9.17, 15) is 22.0 Å². The summed E-state index contributed by atoms with van der Waals surface area (Å²) in [6, 6.07) is 10.3. The van der Waals surface area contributed by atoms with Crippen molar-refractivity contribution in [2.75, 3.05) is 11.6 Å². The molecule has 9 heteroatoms. The van der Waals surface area contributed by atoms with Crippen LogP contribution in [0, 0.1) is 29.9 Å². The number of anilines is 1. The van der Waals surface area contributed by atoms with Crippen LogP contribution in [-0.2, 0) is 9.84 Å². The zero-order chi connectivity index (χ0) is 22.1. The summed E-state index contributed by atoms with van der Waals surface area (Å²) in [6.07, 6.45) is 2.25. The van der Waals surface area contributed by atoms with Crippen molar-refractivity contribution in [3.63, 3.8) is 0 Å². The molecule has 1 amide bonds. The molecule has 1 N–H and O–H groups in total. The molecule has 1 heterocycles. The molecule has 3 rings (SSSR count). The molecule has 0 bridgehead atoms. The maximum Gasteiger partial charge on any atom is 0.257 e. The molecule has 0 spiro atoms. The smallest absolute Gasteiger partial charge is 0.257 e. The summed E-state index contributed by atoms with van der Waals surface area (Å²) in [5, 5.41) is 11.3. The number of pyridine rings is 1. The van der Waals surface area contributed by atoms with Gasteiger partial charge in [0.05, 0.1) is 27.7 Å². The number of sulfone groups is 1. The molecule has 2 aromatic carbocycles. The Bertz CT molecular complexity index is 1280. The summed E-state index contributed by atoms with van der Waals surface area (Å²) >= 11 is 0. The van der Waals surface area contributed by atoms with Crippen LogP contribution in [0.3, 0.4) is 0 Å². The molecular weight excluding hydrogens is 412 g/mol. The van der Waals surface area contributed by atoms with Crippen molar-refractivity contribution in [3.05, 3.63) is 77.1 Å². The van der Waals surface area contributed by atoms with Gasteiger partial charge in [-0.15, -0.1) is 0 Å². The first-order valence-corrected chi connectivity index (χ1v) is 10.5. The molecule has 3 aromatic rings. The number of aryl methyl sites for hydroxylation is 1. The molecule has 0 saturated carbocycles. The van der Waals surface area contributed by atoms with Crippen LogP contribution in [0.1, 0.15) is 21.6 Å². The molecule has 1 aromatic heterocycles. The lowest BCUT2D eigenvalue weighted by Crippen LogP contribution is -2.17. The summed E-state index contributed by atoms with van der Waals surface area (Å²) in [5.41, 5.74) is 0.167. The molecule has 6 nitrogen and oxygen atoms in total. The minimum Gasteiger partial charge on any atom is -0.322 e. The predicted octanol–water partition coefficient (Wildman–Crippen LogP) is 3.86. The largest absolute Gasteiger partial charge is 0.322 e. The maximum atomic E-state index is 14.6. The Morgan fingerprint density at radius 3 is 2.30 bits per heavy atom. The fourth-order valence-corrected chi connectivity index (χ4v) is 3.70. The second-order valence-electron chi connectivity index (χ2n) is 6.55. The van der Waals surface area contributed by atoms with Gasteiger partial charge in [0.1, 0.15) is 11.6 Å². The number of nitriles is 1. The van der Waals surface area contributed by atoms with Crippen LogP contribution in [0.15, 0.2) is 53.6 Å². The quantitative estimate of drug-likeness (QED) is 0.682. The predicted molar refractivity (Wildman–Crippen MR) is 107 cm³/mol. The van der Waals surface area contributed by atoms with E-state index < -0.39 is 27.4 Å². The van der Waals surface area contributed by atoms with Gasteiger partial charge in [0.2, 0.25) is 0 Å². The van der Waals surface area contributed by atoms with E-state index in [2.05, 4.69) is 10.3 Å². The van der Waals surface area contributed by atoms with Gasteiger partial charge >= 0.3 is 0 Å². The number of rotatable bonds is 4. The van der Waals surface area contributed by atoms with Crippen molar-refractivity contribution >= 4 is 21.4 Å². The molecule has 0 aliphatic heterocycles. The Balaban J connectivity index is 1.99. The van der Waals surface area contributed by atoms with Crippen molar-refractivity contribution in [2.45, 2.75) is 11.8 Å². The molecule has 0 unspecified atom stereocenters. The van der Waals surface area contributed by atoms with Crippen LogP contribution >= 0.6 is 0 Å². The standard InChI is InChI=1S/C21H15F2N3O3S/c1-12-3-5-14(11-25-12)20-17(22)8-15(9-18(20)23)26-21(27)16-7-13(10-24)4-6-19(16)30(2,28)29/h3-9,11H,1-2H3,(H,26,27). The summed E-state index contributed by atoms with van der Waals surface area (Å²) in [7, 11) is -3.78. The summed E-state index contributed by atoms with van der Waals surface area (Å²) in [4.78, 5) is 16.3. The van der Waals surface area contributed by atoms with E-state index in [1.54, 1.807) is 13.0 Å². The number of aromatic nitrogens is 1. The first kappa shape index (κ1) is 21.1. The minimum atomic E-state index is -3.78. The Kier molecular flexibility index (Phi) is 5.62. The number of amides is 1. The average Bonchev–Trinajstić information content (AvgIpc) is 2.67. The summed E-state index contributed by atoms with van der Waals surface area (Å²) in [6.45, 7) is 1.74. The number of nitrogens with zero attached hydrogens (tertiary/aromatic N) is 2. The zero-order valence-corrected chi connectivity index (χ0v) is 16.7. The first-order chi connectivity index (χ1) is 14.1. The number of halogens is 2. The number of nitrogens with one attached hydrogen (secondary N) is 1. The molecule has 0 aliphatic rings.